The molecule has 1 saturated carbocycles. The number of amides is 2. The van der Waals surface area contributed by atoms with Gasteiger partial charge in [-0.05, 0) is 66.9 Å². The van der Waals surface area contributed by atoms with Gasteiger partial charge in [-0.15, -0.1) is 0 Å². The number of rotatable bonds is 5. The summed E-state index contributed by atoms with van der Waals surface area (Å²) >= 11 is 0. The molecule has 2 amide bonds. The van der Waals surface area contributed by atoms with Crippen LogP contribution in [-0.4, -0.2) is 23.1 Å². The molecular weight excluding hydrogens is 306 g/mol. The molecule has 3 N–H and O–H groups in total. The molecule has 0 bridgehead atoms. The van der Waals surface area contributed by atoms with Crippen molar-refractivity contribution in [1.29, 1.82) is 0 Å². The SMILES string of the molecule is O=C(NN=Cc1ccc(O)cc1)c1ccc(NC(=O)C2CC2)cc1. The number of benzene rings is 2. The number of phenols is 1. The second-order valence-corrected chi connectivity index (χ2v) is 5.63. The van der Waals surface area contributed by atoms with Crippen molar-refractivity contribution >= 4 is 23.7 Å². The summed E-state index contributed by atoms with van der Waals surface area (Å²) in [6, 6.07) is 13.1. The maximum atomic E-state index is 12.0. The zero-order chi connectivity index (χ0) is 16.9. The van der Waals surface area contributed by atoms with Crippen LogP contribution in [0.1, 0.15) is 28.8 Å². The van der Waals surface area contributed by atoms with Crippen LogP contribution in [0, 0.1) is 5.92 Å². The van der Waals surface area contributed by atoms with Crippen molar-refractivity contribution in [3.63, 3.8) is 0 Å². The Bertz CT molecular complexity index is 763. The summed E-state index contributed by atoms with van der Waals surface area (Å²) in [5, 5.41) is 15.9. The molecule has 2 aromatic rings. The van der Waals surface area contributed by atoms with E-state index in [-0.39, 0.29) is 23.5 Å². The molecule has 6 nitrogen and oxygen atoms in total. The van der Waals surface area contributed by atoms with Crippen LogP contribution in [0.25, 0.3) is 0 Å². The number of carbonyl (C=O) groups is 2. The zero-order valence-electron chi connectivity index (χ0n) is 12.9. The standard InChI is InChI=1S/C18H17N3O3/c22-16-9-1-12(2-10-16)11-19-21-18(24)14-5-7-15(8-6-14)20-17(23)13-3-4-13/h1-2,5-11,13,22H,3-4H2,(H,20,23)(H,21,24). The molecular formula is C18H17N3O3. The van der Waals surface area contributed by atoms with E-state index in [1.807, 2.05) is 0 Å². The number of hydrogen-bond donors (Lipinski definition) is 3. The molecule has 0 aromatic heterocycles. The summed E-state index contributed by atoms with van der Waals surface area (Å²) in [6.45, 7) is 0. The Hall–Kier alpha value is -3.15. The van der Waals surface area contributed by atoms with Gasteiger partial charge in [0.05, 0.1) is 6.21 Å². The minimum absolute atomic E-state index is 0.0331. The van der Waals surface area contributed by atoms with Crippen LogP contribution in [0.4, 0.5) is 5.69 Å². The van der Waals surface area contributed by atoms with Crippen LogP contribution in [0.5, 0.6) is 5.75 Å². The van der Waals surface area contributed by atoms with E-state index < -0.39 is 0 Å². The monoisotopic (exact) mass is 323 g/mol. The quantitative estimate of drug-likeness (QED) is 0.583. The number of carbonyl (C=O) groups excluding carboxylic acids is 2. The molecule has 0 aliphatic heterocycles. The predicted molar refractivity (Wildman–Crippen MR) is 91.0 cm³/mol. The van der Waals surface area contributed by atoms with E-state index in [2.05, 4.69) is 15.8 Å². The highest BCUT2D eigenvalue weighted by molar-refractivity contribution is 5.97. The van der Waals surface area contributed by atoms with Crippen molar-refractivity contribution in [1.82, 2.24) is 5.43 Å². The lowest BCUT2D eigenvalue weighted by molar-refractivity contribution is -0.117. The molecule has 0 unspecified atom stereocenters. The molecule has 24 heavy (non-hydrogen) atoms. The van der Waals surface area contributed by atoms with Gasteiger partial charge >= 0.3 is 0 Å². The number of hydrogen-bond acceptors (Lipinski definition) is 4. The lowest BCUT2D eigenvalue weighted by Gasteiger charge is -2.05. The number of nitrogens with one attached hydrogen (secondary N) is 2. The van der Waals surface area contributed by atoms with Crippen LogP contribution in [-0.2, 0) is 4.79 Å². The van der Waals surface area contributed by atoms with E-state index in [1.165, 1.54) is 18.3 Å². The van der Waals surface area contributed by atoms with Gasteiger partial charge in [0, 0.05) is 17.2 Å². The van der Waals surface area contributed by atoms with Gasteiger partial charge in [-0.1, -0.05) is 0 Å². The zero-order valence-corrected chi connectivity index (χ0v) is 12.9. The second-order valence-electron chi connectivity index (χ2n) is 5.63. The molecule has 0 spiro atoms. The van der Waals surface area contributed by atoms with Gasteiger partial charge in [0.25, 0.3) is 5.91 Å². The van der Waals surface area contributed by atoms with Crippen molar-refractivity contribution in [2.75, 3.05) is 5.32 Å². The van der Waals surface area contributed by atoms with Crippen LogP contribution in [0.15, 0.2) is 53.6 Å². The molecule has 3 rings (SSSR count). The highest BCUT2D eigenvalue weighted by Crippen LogP contribution is 2.30. The topological polar surface area (TPSA) is 90.8 Å². The lowest BCUT2D eigenvalue weighted by Crippen LogP contribution is -2.18. The summed E-state index contributed by atoms with van der Waals surface area (Å²) in [4.78, 5) is 23.7. The molecule has 2 aromatic carbocycles. The van der Waals surface area contributed by atoms with Crippen molar-refractivity contribution in [2.45, 2.75) is 12.8 Å². The Balaban J connectivity index is 1.54. The number of aromatic hydroxyl groups is 1. The Morgan fingerprint density at radius 3 is 2.33 bits per heavy atom. The molecule has 1 fully saturated rings. The molecule has 0 saturated heterocycles. The Morgan fingerprint density at radius 1 is 1.04 bits per heavy atom. The van der Waals surface area contributed by atoms with Gasteiger partial charge in [0.15, 0.2) is 0 Å². The van der Waals surface area contributed by atoms with Gasteiger partial charge in [-0.2, -0.15) is 5.10 Å². The minimum atomic E-state index is -0.343. The van der Waals surface area contributed by atoms with E-state index >= 15 is 0 Å². The van der Waals surface area contributed by atoms with Crippen LogP contribution in [0.2, 0.25) is 0 Å². The van der Waals surface area contributed by atoms with Crippen molar-refractivity contribution in [3.05, 3.63) is 59.7 Å². The number of anilines is 1. The molecule has 1 aliphatic carbocycles. The first-order valence-electron chi connectivity index (χ1n) is 7.65. The minimum Gasteiger partial charge on any atom is -0.508 e. The van der Waals surface area contributed by atoms with Crippen molar-refractivity contribution < 1.29 is 14.7 Å². The third-order valence-electron chi connectivity index (χ3n) is 3.64. The number of phenolic OH excluding ortho intramolecular Hbond substituents is 1. The molecule has 0 atom stereocenters. The van der Waals surface area contributed by atoms with E-state index in [1.54, 1.807) is 36.4 Å². The maximum Gasteiger partial charge on any atom is 0.271 e. The normalized spacial score (nSPS) is 13.7. The first kappa shape index (κ1) is 15.7. The Morgan fingerprint density at radius 2 is 1.71 bits per heavy atom. The average Bonchev–Trinajstić information content (AvgIpc) is 3.42. The van der Waals surface area contributed by atoms with Gasteiger partial charge in [-0.25, -0.2) is 5.43 Å². The molecule has 6 heteroatoms. The Labute approximate surface area is 139 Å². The molecule has 0 heterocycles. The summed E-state index contributed by atoms with van der Waals surface area (Å²) < 4.78 is 0. The predicted octanol–water partition coefficient (Wildman–Crippen LogP) is 2.50. The Kier molecular flexibility index (Phi) is 4.56. The highest BCUT2D eigenvalue weighted by Gasteiger charge is 2.29. The fraction of sp³-hybridized carbons (Fsp3) is 0.167. The van der Waals surface area contributed by atoms with E-state index in [4.69, 9.17) is 0 Å². The fourth-order valence-electron chi connectivity index (χ4n) is 2.09. The number of nitrogens with zero attached hydrogens (tertiary/aromatic N) is 1. The summed E-state index contributed by atoms with van der Waals surface area (Å²) in [5.74, 6) is 0.00283. The summed E-state index contributed by atoms with van der Waals surface area (Å²) in [6.07, 6.45) is 3.39. The van der Waals surface area contributed by atoms with E-state index in [0.29, 0.717) is 11.3 Å². The summed E-state index contributed by atoms with van der Waals surface area (Å²) in [7, 11) is 0. The van der Waals surface area contributed by atoms with Gasteiger partial charge in [-0.3, -0.25) is 9.59 Å². The third kappa shape index (κ3) is 4.19. The smallest absolute Gasteiger partial charge is 0.271 e. The van der Waals surface area contributed by atoms with E-state index in [9.17, 15) is 14.7 Å². The second kappa shape index (κ2) is 6.95. The molecule has 0 radical (unpaired) electrons. The van der Waals surface area contributed by atoms with Crippen molar-refractivity contribution in [2.24, 2.45) is 11.0 Å². The van der Waals surface area contributed by atoms with Crippen molar-refractivity contribution in [3.8, 4) is 5.75 Å². The molecule has 122 valence electrons. The number of hydrazone groups is 1. The maximum absolute atomic E-state index is 12.0. The fourth-order valence-corrected chi connectivity index (χ4v) is 2.09. The summed E-state index contributed by atoms with van der Waals surface area (Å²) in [5.41, 5.74) is 4.31. The van der Waals surface area contributed by atoms with Crippen LogP contribution in [0.3, 0.4) is 0 Å². The molecule has 1 aliphatic rings. The van der Waals surface area contributed by atoms with Gasteiger partial charge in [0.1, 0.15) is 5.75 Å². The van der Waals surface area contributed by atoms with Gasteiger partial charge in [0.2, 0.25) is 5.91 Å². The highest BCUT2D eigenvalue weighted by atomic mass is 16.3. The first-order valence-corrected chi connectivity index (χ1v) is 7.65. The van der Waals surface area contributed by atoms with Gasteiger partial charge < -0.3 is 10.4 Å². The average molecular weight is 323 g/mol. The third-order valence-corrected chi connectivity index (χ3v) is 3.64. The first-order chi connectivity index (χ1) is 11.6. The van der Waals surface area contributed by atoms with Crippen LogP contribution < -0.4 is 10.7 Å². The largest absolute Gasteiger partial charge is 0.508 e. The lowest BCUT2D eigenvalue weighted by atomic mass is 10.2. The van der Waals surface area contributed by atoms with E-state index in [0.717, 1.165) is 18.4 Å². The van der Waals surface area contributed by atoms with Crippen LogP contribution >= 0.6 is 0 Å².